The summed E-state index contributed by atoms with van der Waals surface area (Å²) in [5.41, 5.74) is 1.02. The highest BCUT2D eigenvalue weighted by molar-refractivity contribution is 6.02. The molecule has 1 aromatic heterocycles. The van der Waals surface area contributed by atoms with Gasteiger partial charge in [-0.2, -0.15) is 0 Å². The van der Waals surface area contributed by atoms with Crippen LogP contribution in [0.25, 0.3) is 0 Å². The Morgan fingerprint density at radius 3 is 2.74 bits per heavy atom. The molecule has 0 saturated heterocycles. The number of aromatic hydroxyl groups is 1. The van der Waals surface area contributed by atoms with Crippen molar-refractivity contribution < 1.29 is 19.2 Å². The quantitative estimate of drug-likeness (QED) is 0.520. The molecule has 0 unspecified atom stereocenters. The molecule has 0 bridgehead atoms. The molecular weight excluding hydrogens is 246 g/mol. The lowest BCUT2D eigenvalue weighted by Crippen LogP contribution is -2.05. The number of para-hydroxylation sites is 1. The number of carbonyl (C=O) groups excluding carboxylic acids is 1. The van der Waals surface area contributed by atoms with E-state index in [9.17, 15) is 9.90 Å². The third-order valence-electron chi connectivity index (χ3n) is 2.51. The Labute approximate surface area is 110 Å². The molecule has 2 aromatic rings. The summed E-state index contributed by atoms with van der Waals surface area (Å²) in [4.78, 5) is 16.3. The first-order chi connectivity index (χ1) is 9.22. The molecule has 5 nitrogen and oxygen atoms in total. The van der Waals surface area contributed by atoms with Crippen molar-refractivity contribution in [1.82, 2.24) is 0 Å². The zero-order valence-electron chi connectivity index (χ0n) is 10.4. The van der Waals surface area contributed by atoms with E-state index in [4.69, 9.17) is 9.25 Å². The number of furan rings is 1. The lowest BCUT2D eigenvalue weighted by atomic mass is 10.1. The summed E-state index contributed by atoms with van der Waals surface area (Å²) in [6.45, 7) is 1.85. The van der Waals surface area contributed by atoms with Crippen molar-refractivity contribution in [3.05, 3.63) is 54.0 Å². The minimum Gasteiger partial charge on any atom is -0.507 e. The second-order valence-corrected chi connectivity index (χ2v) is 3.76. The monoisotopic (exact) mass is 259 g/mol. The Bertz CT molecular complexity index is 587. The van der Waals surface area contributed by atoms with Crippen LogP contribution in [-0.4, -0.2) is 16.8 Å². The Morgan fingerprint density at radius 1 is 1.32 bits per heavy atom. The summed E-state index contributed by atoms with van der Waals surface area (Å²) in [5.74, 6) is -0.500. The van der Waals surface area contributed by atoms with E-state index in [1.807, 2.05) is 6.92 Å². The Kier molecular flexibility index (Phi) is 3.97. The third kappa shape index (κ3) is 3.01. The number of phenols is 1. The number of oxime groups is 1. The average Bonchev–Trinajstić information content (AvgIpc) is 2.95. The van der Waals surface area contributed by atoms with Crippen molar-refractivity contribution in [2.75, 3.05) is 0 Å². The smallest absolute Gasteiger partial charge is 0.400 e. The molecule has 1 N–H and O–H groups in total. The van der Waals surface area contributed by atoms with E-state index in [0.717, 1.165) is 0 Å². The predicted octanol–water partition coefficient (Wildman–Crippen LogP) is 2.96. The summed E-state index contributed by atoms with van der Waals surface area (Å²) in [7, 11) is 0. The van der Waals surface area contributed by atoms with Crippen LogP contribution in [0.2, 0.25) is 0 Å². The second-order valence-electron chi connectivity index (χ2n) is 3.76. The van der Waals surface area contributed by atoms with Gasteiger partial charge in [-0.1, -0.05) is 24.2 Å². The van der Waals surface area contributed by atoms with Crippen molar-refractivity contribution >= 4 is 11.7 Å². The van der Waals surface area contributed by atoms with Crippen LogP contribution in [0.15, 0.2) is 52.2 Å². The summed E-state index contributed by atoms with van der Waals surface area (Å²) >= 11 is 0. The van der Waals surface area contributed by atoms with Crippen molar-refractivity contribution in [1.29, 1.82) is 0 Å². The molecule has 19 heavy (non-hydrogen) atoms. The molecule has 0 aliphatic rings. The summed E-state index contributed by atoms with van der Waals surface area (Å²) in [6, 6.07) is 9.82. The highest BCUT2D eigenvalue weighted by atomic mass is 16.7. The molecule has 0 fully saturated rings. The topological polar surface area (TPSA) is 72.0 Å². The fourth-order valence-electron chi connectivity index (χ4n) is 1.56. The van der Waals surface area contributed by atoms with Gasteiger partial charge in [-0.05, 0) is 30.7 Å². The molecule has 98 valence electrons. The molecule has 0 radical (unpaired) electrons. The van der Waals surface area contributed by atoms with Crippen molar-refractivity contribution in [3.8, 4) is 5.75 Å². The number of carbonyl (C=O) groups is 1. The molecule has 2 rings (SSSR count). The first-order valence-electron chi connectivity index (χ1n) is 5.82. The normalized spacial score (nSPS) is 11.3. The molecular formula is C14H13NO4. The van der Waals surface area contributed by atoms with Gasteiger partial charge in [0.25, 0.3) is 0 Å². The van der Waals surface area contributed by atoms with Crippen LogP contribution in [0.3, 0.4) is 0 Å². The van der Waals surface area contributed by atoms with Gasteiger partial charge in [-0.15, -0.1) is 0 Å². The fourth-order valence-corrected chi connectivity index (χ4v) is 1.56. The van der Waals surface area contributed by atoms with E-state index >= 15 is 0 Å². The van der Waals surface area contributed by atoms with Gasteiger partial charge >= 0.3 is 5.97 Å². The molecule has 0 atom stereocenters. The molecule has 0 spiro atoms. The highest BCUT2D eigenvalue weighted by Gasteiger charge is 2.12. The molecule has 0 saturated carbocycles. The fraction of sp³-hybridized carbons (Fsp3) is 0.143. The number of hydrogen-bond acceptors (Lipinski definition) is 5. The van der Waals surface area contributed by atoms with Crippen LogP contribution in [0.5, 0.6) is 5.75 Å². The van der Waals surface area contributed by atoms with Gasteiger partial charge in [-0.25, -0.2) is 4.79 Å². The lowest BCUT2D eigenvalue weighted by molar-refractivity contribution is 0.0479. The van der Waals surface area contributed by atoms with Gasteiger partial charge in [0.1, 0.15) is 5.75 Å². The van der Waals surface area contributed by atoms with Crippen LogP contribution < -0.4 is 0 Å². The van der Waals surface area contributed by atoms with E-state index in [2.05, 4.69) is 5.16 Å². The number of hydrogen-bond donors (Lipinski definition) is 1. The SMILES string of the molecule is CCC(=NOC(=O)c1ccco1)c1ccccc1O. The first kappa shape index (κ1) is 12.9. The van der Waals surface area contributed by atoms with Crippen LogP contribution in [0.4, 0.5) is 0 Å². The Morgan fingerprint density at radius 2 is 2.11 bits per heavy atom. The van der Waals surface area contributed by atoms with E-state index in [-0.39, 0.29) is 11.5 Å². The summed E-state index contributed by atoms with van der Waals surface area (Å²) in [5, 5.41) is 13.5. The van der Waals surface area contributed by atoms with Crippen LogP contribution in [0.1, 0.15) is 29.5 Å². The largest absolute Gasteiger partial charge is 0.507 e. The second kappa shape index (κ2) is 5.86. The van der Waals surface area contributed by atoms with Crippen LogP contribution >= 0.6 is 0 Å². The first-order valence-corrected chi connectivity index (χ1v) is 5.82. The maximum Gasteiger partial charge on any atom is 0.400 e. The molecule has 0 aliphatic carbocycles. The summed E-state index contributed by atoms with van der Waals surface area (Å²) in [6.07, 6.45) is 1.90. The minimum absolute atomic E-state index is 0.0801. The number of nitrogens with zero attached hydrogens (tertiary/aromatic N) is 1. The highest BCUT2D eigenvalue weighted by Crippen LogP contribution is 2.18. The molecule has 0 amide bonds. The van der Waals surface area contributed by atoms with Gasteiger partial charge in [0, 0.05) is 5.56 Å². The minimum atomic E-state index is -0.675. The molecule has 5 heteroatoms. The summed E-state index contributed by atoms with van der Waals surface area (Å²) < 4.78 is 4.90. The van der Waals surface area contributed by atoms with Crippen molar-refractivity contribution in [2.24, 2.45) is 5.16 Å². The number of benzene rings is 1. The number of phenolic OH excluding ortho intramolecular Hbond substituents is 1. The molecule has 1 heterocycles. The van der Waals surface area contributed by atoms with Gasteiger partial charge in [0.15, 0.2) is 0 Å². The van der Waals surface area contributed by atoms with Gasteiger partial charge in [-0.3, -0.25) is 0 Å². The predicted molar refractivity (Wildman–Crippen MR) is 69.1 cm³/mol. The van der Waals surface area contributed by atoms with Gasteiger partial charge in [0.05, 0.1) is 12.0 Å². The number of rotatable bonds is 4. The third-order valence-corrected chi connectivity index (χ3v) is 2.51. The molecule has 1 aromatic carbocycles. The maximum absolute atomic E-state index is 11.6. The zero-order chi connectivity index (χ0) is 13.7. The van der Waals surface area contributed by atoms with Crippen LogP contribution in [0, 0.1) is 0 Å². The Balaban J connectivity index is 2.16. The molecule has 0 aliphatic heterocycles. The average molecular weight is 259 g/mol. The lowest BCUT2D eigenvalue weighted by Gasteiger charge is -2.05. The van der Waals surface area contributed by atoms with Gasteiger partial charge in [0.2, 0.25) is 5.76 Å². The van der Waals surface area contributed by atoms with E-state index in [0.29, 0.717) is 17.7 Å². The van der Waals surface area contributed by atoms with E-state index in [1.165, 1.54) is 12.3 Å². The maximum atomic E-state index is 11.6. The van der Waals surface area contributed by atoms with E-state index in [1.54, 1.807) is 30.3 Å². The van der Waals surface area contributed by atoms with Crippen molar-refractivity contribution in [3.63, 3.8) is 0 Å². The zero-order valence-corrected chi connectivity index (χ0v) is 10.4. The van der Waals surface area contributed by atoms with Crippen LogP contribution in [-0.2, 0) is 4.84 Å². The van der Waals surface area contributed by atoms with Crippen molar-refractivity contribution in [2.45, 2.75) is 13.3 Å². The standard InChI is InChI=1S/C14H13NO4/c1-2-11(10-6-3-4-7-12(10)16)15-19-14(17)13-8-5-9-18-13/h3-9,16H,2H2,1H3. The van der Waals surface area contributed by atoms with Gasteiger partial charge < -0.3 is 14.4 Å². The van der Waals surface area contributed by atoms with E-state index < -0.39 is 5.97 Å². The Hall–Kier alpha value is -2.56.